The summed E-state index contributed by atoms with van der Waals surface area (Å²) in [7, 11) is 1.54. The summed E-state index contributed by atoms with van der Waals surface area (Å²) < 4.78 is 0. The van der Waals surface area contributed by atoms with Crippen molar-refractivity contribution in [1.82, 2.24) is 15.1 Å². The molecule has 0 fully saturated rings. The zero-order valence-corrected chi connectivity index (χ0v) is 10.1. The highest BCUT2D eigenvalue weighted by Crippen LogP contribution is 2.16. The monoisotopic (exact) mass is 240 g/mol. The third-order valence-corrected chi connectivity index (χ3v) is 2.37. The van der Waals surface area contributed by atoms with Crippen LogP contribution in [0.2, 0.25) is 0 Å². The number of carboxylic acid groups (broad SMARTS) is 1. The molecule has 0 atom stereocenters. The van der Waals surface area contributed by atoms with E-state index in [0.29, 0.717) is 11.4 Å². The second-order valence-corrected chi connectivity index (χ2v) is 3.80. The standard InChI is InChI=1S/C10H16N4O3/c1-6-9(7(2)13-12-6)11-10(17)14(3)5-4-8(15)16/h4-5H2,1-3H3,(H,11,17)(H,12,13)(H,15,16). The van der Waals surface area contributed by atoms with E-state index in [2.05, 4.69) is 15.5 Å². The van der Waals surface area contributed by atoms with Gasteiger partial charge in [0.15, 0.2) is 0 Å². The minimum absolute atomic E-state index is 0.0761. The molecule has 7 nitrogen and oxygen atoms in total. The predicted molar refractivity (Wildman–Crippen MR) is 62.0 cm³/mol. The van der Waals surface area contributed by atoms with E-state index in [1.807, 2.05) is 0 Å². The molecule has 1 heterocycles. The largest absolute Gasteiger partial charge is 0.481 e. The first-order valence-electron chi connectivity index (χ1n) is 5.17. The Labute approximate surface area is 98.8 Å². The number of amides is 2. The van der Waals surface area contributed by atoms with Crippen molar-refractivity contribution in [3.8, 4) is 0 Å². The first kappa shape index (κ1) is 13.0. The van der Waals surface area contributed by atoms with Crippen molar-refractivity contribution in [3.05, 3.63) is 11.4 Å². The average Bonchev–Trinajstić information content (AvgIpc) is 2.57. The third-order valence-electron chi connectivity index (χ3n) is 2.37. The number of rotatable bonds is 4. The molecule has 0 aromatic carbocycles. The lowest BCUT2D eigenvalue weighted by atomic mass is 10.3. The smallest absolute Gasteiger partial charge is 0.321 e. The molecule has 94 valence electrons. The molecule has 1 aromatic heterocycles. The molecule has 0 aliphatic heterocycles. The number of carbonyl (C=O) groups excluding carboxylic acids is 1. The van der Waals surface area contributed by atoms with Crippen LogP contribution in [0.5, 0.6) is 0 Å². The normalized spacial score (nSPS) is 10.1. The van der Waals surface area contributed by atoms with E-state index in [1.54, 1.807) is 20.9 Å². The number of nitrogens with one attached hydrogen (secondary N) is 2. The molecule has 2 amide bonds. The molecule has 7 heteroatoms. The highest BCUT2D eigenvalue weighted by atomic mass is 16.4. The van der Waals surface area contributed by atoms with Crippen LogP contribution in [0, 0.1) is 13.8 Å². The number of hydrogen-bond donors (Lipinski definition) is 3. The van der Waals surface area contributed by atoms with Crippen LogP contribution in [0.4, 0.5) is 10.5 Å². The lowest BCUT2D eigenvalue weighted by Crippen LogP contribution is -2.33. The number of nitrogens with zero attached hydrogens (tertiary/aromatic N) is 2. The summed E-state index contributed by atoms with van der Waals surface area (Å²) in [5.74, 6) is -0.930. The molecule has 0 radical (unpaired) electrons. The maximum absolute atomic E-state index is 11.7. The van der Waals surface area contributed by atoms with Crippen LogP contribution in [0.1, 0.15) is 17.8 Å². The summed E-state index contributed by atoms with van der Waals surface area (Å²) in [6.07, 6.45) is -0.0761. The van der Waals surface area contributed by atoms with E-state index in [1.165, 1.54) is 4.90 Å². The Bertz CT molecular complexity index is 408. The number of aromatic amines is 1. The van der Waals surface area contributed by atoms with Gasteiger partial charge in [0.25, 0.3) is 0 Å². The molecule has 0 saturated heterocycles. The number of aliphatic carboxylic acids is 1. The molecule has 1 aromatic rings. The first-order valence-corrected chi connectivity index (χ1v) is 5.17. The Morgan fingerprint density at radius 2 is 2.12 bits per heavy atom. The summed E-state index contributed by atoms with van der Waals surface area (Å²) in [4.78, 5) is 23.4. The Kier molecular flexibility index (Phi) is 4.08. The fourth-order valence-corrected chi connectivity index (χ4v) is 1.30. The van der Waals surface area contributed by atoms with Gasteiger partial charge < -0.3 is 15.3 Å². The van der Waals surface area contributed by atoms with Crippen molar-refractivity contribution in [1.29, 1.82) is 0 Å². The molecular formula is C10H16N4O3. The van der Waals surface area contributed by atoms with Gasteiger partial charge in [0.1, 0.15) is 0 Å². The Hall–Kier alpha value is -2.05. The van der Waals surface area contributed by atoms with Crippen molar-refractivity contribution in [2.45, 2.75) is 20.3 Å². The molecule has 0 aliphatic rings. The topological polar surface area (TPSA) is 98.3 Å². The number of carbonyl (C=O) groups is 2. The van der Waals surface area contributed by atoms with E-state index in [9.17, 15) is 9.59 Å². The van der Waals surface area contributed by atoms with Crippen LogP contribution < -0.4 is 5.32 Å². The fourth-order valence-electron chi connectivity index (χ4n) is 1.30. The first-order chi connectivity index (χ1) is 7.91. The molecule has 0 spiro atoms. The second-order valence-electron chi connectivity index (χ2n) is 3.80. The lowest BCUT2D eigenvalue weighted by molar-refractivity contribution is -0.137. The van der Waals surface area contributed by atoms with Crippen LogP contribution in [0.3, 0.4) is 0 Å². The van der Waals surface area contributed by atoms with Gasteiger partial charge in [0, 0.05) is 13.6 Å². The predicted octanol–water partition coefficient (Wildman–Crippen LogP) is 0.965. The van der Waals surface area contributed by atoms with E-state index in [0.717, 1.165) is 5.69 Å². The minimum Gasteiger partial charge on any atom is -0.481 e. The fraction of sp³-hybridized carbons (Fsp3) is 0.500. The minimum atomic E-state index is -0.930. The molecule has 1 rings (SSSR count). The summed E-state index contributed by atoms with van der Waals surface area (Å²) in [6, 6.07) is -0.348. The van der Waals surface area contributed by atoms with Gasteiger partial charge in [-0.15, -0.1) is 0 Å². The molecule has 3 N–H and O–H groups in total. The van der Waals surface area contributed by atoms with E-state index < -0.39 is 5.97 Å². The van der Waals surface area contributed by atoms with Gasteiger partial charge >= 0.3 is 12.0 Å². The third kappa shape index (κ3) is 3.47. The van der Waals surface area contributed by atoms with Gasteiger partial charge in [-0.3, -0.25) is 9.89 Å². The summed E-state index contributed by atoms with van der Waals surface area (Å²) in [6.45, 7) is 3.74. The van der Waals surface area contributed by atoms with Gasteiger partial charge in [-0.05, 0) is 13.8 Å². The molecule has 0 saturated carbocycles. The van der Waals surface area contributed by atoms with Crippen LogP contribution in [0.15, 0.2) is 0 Å². The summed E-state index contributed by atoms with van der Waals surface area (Å²) in [5.41, 5.74) is 2.10. The Balaban J connectivity index is 2.57. The Morgan fingerprint density at radius 3 is 2.59 bits per heavy atom. The zero-order chi connectivity index (χ0) is 13.0. The average molecular weight is 240 g/mol. The zero-order valence-electron chi connectivity index (χ0n) is 10.1. The highest BCUT2D eigenvalue weighted by molar-refractivity contribution is 5.90. The highest BCUT2D eigenvalue weighted by Gasteiger charge is 2.14. The maximum atomic E-state index is 11.7. The van der Waals surface area contributed by atoms with Crippen LogP contribution in [0.25, 0.3) is 0 Å². The van der Waals surface area contributed by atoms with Gasteiger partial charge in [-0.2, -0.15) is 5.10 Å². The molecule has 17 heavy (non-hydrogen) atoms. The molecule has 0 bridgehead atoms. The SMILES string of the molecule is Cc1n[nH]c(C)c1NC(=O)N(C)CCC(=O)O. The van der Waals surface area contributed by atoms with Crippen molar-refractivity contribution in [2.24, 2.45) is 0 Å². The number of carboxylic acids is 1. The van der Waals surface area contributed by atoms with Gasteiger partial charge in [-0.1, -0.05) is 0 Å². The number of aryl methyl sites for hydroxylation is 2. The van der Waals surface area contributed by atoms with Crippen LogP contribution in [-0.4, -0.2) is 45.8 Å². The van der Waals surface area contributed by atoms with Gasteiger partial charge in [0.2, 0.25) is 0 Å². The number of hydrogen-bond acceptors (Lipinski definition) is 3. The van der Waals surface area contributed by atoms with E-state index >= 15 is 0 Å². The van der Waals surface area contributed by atoms with E-state index in [4.69, 9.17) is 5.11 Å². The number of anilines is 1. The van der Waals surface area contributed by atoms with Crippen molar-refractivity contribution in [3.63, 3.8) is 0 Å². The Morgan fingerprint density at radius 1 is 1.47 bits per heavy atom. The van der Waals surface area contributed by atoms with Crippen molar-refractivity contribution < 1.29 is 14.7 Å². The second kappa shape index (κ2) is 5.33. The van der Waals surface area contributed by atoms with Crippen molar-refractivity contribution in [2.75, 3.05) is 18.9 Å². The molecular weight excluding hydrogens is 224 g/mol. The number of urea groups is 1. The summed E-state index contributed by atoms with van der Waals surface area (Å²) in [5, 5.41) is 17.9. The molecule has 0 unspecified atom stereocenters. The number of aromatic nitrogens is 2. The maximum Gasteiger partial charge on any atom is 0.321 e. The van der Waals surface area contributed by atoms with E-state index in [-0.39, 0.29) is 19.0 Å². The number of H-pyrrole nitrogens is 1. The van der Waals surface area contributed by atoms with Gasteiger partial charge in [-0.25, -0.2) is 4.79 Å². The van der Waals surface area contributed by atoms with Crippen molar-refractivity contribution >= 4 is 17.7 Å². The molecule has 0 aliphatic carbocycles. The van der Waals surface area contributed by atoms with Gasteiger partial charge in [0.05, 0.1) is 23.5 Å². The lowest BCUT2D eigenvalue weighted by Gasteiger charge is -2.16. The van der Waals surface area contributed by atoms with Crippen LogP contribution >= 0.6 is 0 Å². The van der Waals surface area contributed by atoms with Crippen LogP contribution in [-0.2, 0) is 4.79 Å². The summed E-state index contributed by atoms with van der Waals surface area (Å²) >= 11 is 0. The quantitative estimate of drug-likeness (QED) is 0.730.